The fraction of sp³-hybridized carbons (Fsp3) is 0.455. The molecule has 0 spiro atoms. The van der Waals surface area contributed by atoms with E-state index in [0.29, 0.717) is 0 Å². The second-order valence-electron chi connectivity index (χ2n) is 3.82. The summed E-state index contributed by atoms with van der Waals surface area (Å²) in [4.78, 5) is 0. The molecule has 0 aliphatic carbocycles. The number of hydrogen-bond donors (Lipinski definition) is 1. The van der Waals surface area contributed by atoms with Crippen LogP contribution < -0.4 is 5.32 Å². The molecule has 17 heavy (non-hydrogen) atoms. The van der Waals surface area contributed by atoms with Gasteiger partial charge >= 0.3 is 0 Å². The molecule has 0 saturated heterocycles. The maximum Gasteiger partial charge on any atom is 0.127 e. The van der Waals surface area contributed by atoms with Gasteiger partial charge in [0.15, 0.2) is 0 Å². The van der Waals surface area contributed by atoms with Crippen LogP contribution in [-0.2, 0) is 20.1 Å². The summed E-state index contributed by atoms with van der Waals surface area (Å²) in [7, 11) is 1.93. The van der Waals surface area contributed by atoms with Crippen molar-refractivity contribution < 1.29 is 0 Å². The summed E-state index contributed by atoms with van der Waals surface area (Å²) in [6.45, 7) is 5.76. The Bertz CT molecular complexity index is 454. The molecule has 0 aliphatic rings. The second-order valence-corrected chi connectivity index (χ2v) is 3.82. The van der Waals surface area contributed by atoms with Crippen LogP contribution in [-0.4, -0.2) is 19.6 Å². The van der Waals surface area contributed by atoms with E-state index in [1.165, 1.54) is 0 Å². The fourth-order valence-electron chi connectivity index (χ4n) is 1.65. The van der Waals surface area contributed by atoms with E-state index in [-0.39, 0.29) is 12.4 Å². The van der Waals surface area contributed by atoms with Crippen molar-refractivity contribution in [3.8, 4) is 0 Å². The number of anilines is 1. The highest BCUT2D eigenvalue weighted by molar-refractivity contribution is 5.85. The minimum Gasteiger partial charge on any atom is -0.364 e. The lowest BCUT2D eigenvalue weighted by Crippen LogP contribution is -2.06. The Balaban J connectivity index is 0.00000144. The van der Waals surface area contributed by atoms with E-state index >= 15 is 0 Å². The van der Waals surface area contributed by atoms with Crippen LogP contribution in [0.15, 0.2) is 18.5 Å². The van der Waals surface area contributed by atoms with Crippen molar-refractivity contribution >= 4 is 18.2 Å². The zero-order chi connectivity index (χ0) is 11.5. The van der Waals surface area contributed by atoms with E-state index in [2.05, 4.69) is 22.4 Å². The van der Waals surface area contributed by atoms with Gasteiger partial charge in [-0.15, -0.1) is 12.4 Å². The van der Waals surface area contributed by atoms with Crippen LogP contribution in [0.5, 0.6) is 0 Å². The minimum absolute atomic E-state index is 0. The first-order valence-electron chi connectivity index (χ1n) is 5.45. The number of halogens is 1. The van der Waals surface area contributed by atoms with Gasteiger partial charge in [0.25, 0.3) is 0 Å². The summed E-state index contributed by atoms with van der Waals surface area (Å²) < 4.78 is 3.76. The summed E-state index contributed by atoms with van der Waals surface area (Å²) in [6.07, 6.45) is 3.85. The van der Waals surface area contributed by atoms with Crippen LogP contribution in [0.1, 0.15) is 18.2 Å². The normalized spacial score (nSPS) is 10.1. The van der Waals surface area contributed by atoms with E-state index in [0.717, 1.165) is 30.2 Å². The van der Waals surface area contributed by atoms with Gasteiger partial charge in [-0.2, -0.15) is 10.2 Å². The molecule has 0 atom stereocenters. The molecule has 2 aromatic rings. The molecule has 0 aliphatic heterocycles. The number of nitrogens with one attached hydrogen (secondary N) is 1. The summed E-state index contributed by atoms with van der Waals surface area (Å²) >= 11 is 0. The molecule has 0 saturated carbocycles. The van der Waals surface area contributed by atoms with Gasteiger partial charge in [0.05, 0.1) is 18.4 Å². The quantitative estimate of drug-likeness (QED) is 0.909. The Labute approximate surface area is 107 Å². The lowest BCUT2D eigenvalue weighted by molar-refractivity contribution is 0.648. The van der Waals surface area contributed by atoms with Gasteiger partial charge < -0.3 is 5.32 Å². The lowest BCUT2D eigenvalue weighted by atomic mass is 10.3. The second kappa shape index (κ2) is 5.72. The third kappa shape index (κ3) is 3.00. The van der Waals surface area contributed by atoms with Gasteiger partial charge in [-0.25, -0.2) is 0 Å². The highest BCUT2D eigenvalue weighted by atomic mass is 35.5. The molecule has 0 amide bonds. The SMILES string of the molecule is CCn1ccc(CNc2c(C)cnn2C)n1.Cl. The van der Waals surface area contributed by atoms with Crippen molar-refractivity contribution in [2.45, 2.75) is 26.9 Å². The van der Waals surface area contributed by atoms with Crippen LogP contribution in [0.25, 0.3) is 0 Å². The van der Waals surface area contributed by atoms with Gasteiger partial charge in [-0.3, -0.25) is 9.36 Å². The van der Waals surface area contributed by atoms with Crippen molar-refractivity contribution in [2.24, 2.45) is 7.05 Å². The maximum atomic E-state index is 4.41. The number of hydrogen-bond acceptors (Lipinski definition) is 3. The van der Waals surface area contributed by atoms with E-state index < -0.39 is 0 Å². The van der Waals surface area contributed by atoms with E-state index in [1.54, 1.807) is 0 Å². The summed E-state index contributed by atoms with van der Waals surface area (Å²) in [5.41, 5.74) is 2.19. The molecule has 2 aromatic heterocycles. The van der Waals surface area contributed by atoms with Crippen molar-refractivity contribution in [2.75, 3.05) is 5.32 Å². The van der Waals surface area contributed by atoms with Gasteiger partial charge in [0.2, 0.25) is 0 Å². The van der Waals surface area contributed by atoms with Gasteiger partial charge in [0.1, 0.15) is 5.82 Å². The molecule has 0 unspecified atom stereocenters. The molecule has 94 valence electrons. The molecule has 0 fully saturated rings. The molecule has 0 radical (unpaired) electrons. The zero-order valence-corrected chi connectivity index (χ0v) is 11.2. The Morgan fingerprint density at radius 1 is 1.41 bits per heavy atom. The summed E-state index contributed by atoms with van der Waals surface area (Å²) in [5.74, 6) is 1.05. The average Bonchev–Trinajstić information content (AvgIpc) is 2.85. The largest absolute Gasteiger partial charge is 0.364 e. The first-order chi connectivity index (χ1) is 7.70. The molecule has 0 bridgehead atoms. The topological polar surface area (TPSA) is 47.7 Å². The zero-order valence-electron chi connectivity index (χ0n) is 10.3. The first kappa shape index (κ1) is 13.6. The third-order valence-corrected chi connectivity index (χ3v) is 2.58. The minimum atomic E-state index is 0. The highest BCUT2D eigenvalue weighted by Gasteiger charge is 2.04. The lowest BCUT2D eigenvalue weighted by Gasteiger charge is -2.05. The van der Waals surface area contributed by atoms with E-state index in [9.17, 15) is 0 Å². The maximum absolute atomic E-state index is 4.41. The first-order valence-corrected chi connectivity index (χ1v) is 5.45. The van der Waals surface area contributed by atoms with E-state index in [1.807, 2.05) is 41.8 Å². The smallest absolute Gasteiger partial charge is 0.127 e. The molecule has 0 aromatic carbocycles. The fourth-order valence-corrected chi connectivity index (χ4v) is 1.65. The Morgan fingerprint density at radius 2 is 2.18 bits per heavy atom. The van der Waals surface area contributed by atoms with Crippen LogP contribution in [0.4, 0.5) is 5.82 Å². The number of aryl methyl sites for hydroxylation is 3. The van der Waals surface area contributed by atoms with Crippen LogP contribution in [0.2, 0.25) is 0 Å². The van der Waals surface area contributed by atoms with E-state index in [4.69, 9.17) is 0 Å². The third-order valence-electron chi connectivity index (χ3n) is 2.58. The number of rotatable bonds is 4. The number of aromatic nitrogens is 4. The summed E-state index contributed by atoms with van der Waals surface area (Å²) in [6, 6.07) is 2.03. The number of nitrogens with zero attached hydrogens (tertiary/aromatic N) is 4. The predicted molar refractivity (Wildman–Crippen MR) is 70.4 cm³/mol. The summed E-state index contributed by atoms with van der Waals surface area (Å²) in [5, 5.41) is 11.9. The van der Waals surface area contributed by atoms with Crippen molar-refractivity contribution in [3.63, 3.8) is 0 Å². The molecule has 2 rings (SSSR count). The van der Waals surface area contributed by atoms with Crippen LogP contribution >= 0.6 is 12.4 Å². The van der Waals surface area contributed by atoms with Crippen molar-refractivity contribution in [1.29, 1.82) is 0 Å². The molecule has 1 N–H and O–H groups in total. The monoisotopic (exact) mass is 255 g/mol. The molecule has 5 nitrogen and oxygen atoms in total. The van der Waals surface area contributed by atoms with Gasteiger partial charge in [-0.1, -0.05) is 0 Å². The Morgan fingerprint density at radius 3 is 2.71 bits per heavy atom. The van der Waals surface area contributed by atoms with Crippen LogP contribution in [0, 0.1) is 6.92 Å². The van der Waals surface area contributed by atoms with Crippen molar-refractivity contribution in [1.82, 2.24) is 19.6 Å². The molecule has 6 heteroatoms. The van der Waals surface area contributed by atoms with Gasteiger partial charge in [-0.05, 0) is 19.9 Å². The van der Waals surface area contributed by atoms with Crippen molar-refractivity contribution in [3.05, 3.63) is 29.7 Å². The molecular weight excluding hydrogens is 238 g/mol. The molecule has 2 heterocycles. The predicted octanol–water partition coefficient (Wildman–Crippen LogP) is 1.98. The highest BCUT2D eigenvalue weighted by Crippen LogP contribution is 2.12. The standard InChI is InChI=1S/C11H17N5.ClH/c1-4-16-6-5-10(14-16)8-12-11-9(2)7-13-15(11)3;/h5-7,12H,4,8H2,1-3H3;1H. The Hall–Kier alpha value is -1.49. The average molecular weight is 256 g/mol. The van der Waals surface area contributed by atoms with Crippen LogP contribution in [0.3, 0.4) is 0 Å². The molecular formula is C11H18ClN5. The van der Waals surface area contributed by atoms with Gasteiger partial charge in [0, 0.05) is 25.4 Å². The Kier molecular flexibility index (Phi) is 4.57.